The molecule has 0 fully saturated rings. The van der Waals surface area contributed by atoms with E-state index in [4.69, 9.17) is 0 Å². The molecule has 21 heavy (non-hydrogen) atoms. The van der Waals surface area contributed by atoms with Gasteiger partial charge in [-0.3, -0.25) is 0 Å². The summed E-state index contributed by atoms with van der Waals surface area (Å²) in [5.41, 5.74) is 2.10. The third kappa shape index (κ3) is 2.40. The summed E-state index contributed by atoms with van der Waals surface area (Å²) < 4.78 is 1.42. The minimum atomic E-state index is -1.13. The molecule has 3 rings (SSSR count). The Labute approximate surface area is 123 Å². The maximum absolute atomic E-state index is 11.4. The summed E-state index contributed by atoms with van der Waals surface area (Å²) >= 11 is 1.32. The number of hydrogen-bond donors (Lipinski definition) is 1. The number of rotatable bonds is 3. The summed E-state index contributed by atoms with van der Waals surface area (Å²) in [5, 5.41) is 26.2. The van der Waals surface area contributed by atoms with E-state index < -0.39 is 5.97 Å². The first-order chi connectivity index (χ1) is 10.1. The first-order valence-corrected chi connectivity index (χ1v) is 6.94. The summed E-state index contributed by atoms with van der Waals surface area (Å²) in [4.78, 5) is 11.4. The Kier molecular flexibility index (Phi) is 3.22. The fourth-order valence-corrected chi connectivity index (χ4v) is 2.54. The molecule has 1 aromatic carbocycles. The highest BCUT2D eigenvalue weighted by Gasteiger charge is 2.23. The smallest absolute Gasteiger partial charge is 0.358 e. The molecule has 0 radical (unpaired) electrons. The monoisotopic (exact) mass is 301 g/mol. The summed E-state index contributed by atoms with van der Waals surface area (Å²) in [6.07, 6.45) is 0. The molecule has 0 amide bonds. The van der Waals surface area contributed by atoms with Crippen LogP contribution >= 0.6 is 11.3 Å². The number of aryl methyl sites for hydroxylation is 2. The second kappa shape index (κ2) is 5.06. The minimum absolute atomic E-state index is 0.105. The van der Waals surface area contributed by atoms with Crippen LogP contribution in [-0.2, 0) is 0 Å². The number of benzene rings is 1. The molecule has 2 heterocycles. The molecule has 2 aromatic heterocycles. The van der Waals surface area contributed by atoms with Gasteiger partial charge in [0, 0.05) is 5.56 Å². The van der Waals surface area contributed by atoms with E-state index in [9.17, 15) is 9.90 Å². The van der Waals surface area contributed by atoms with Crippen molar-refractivity contribution in [3.05, 3.63) is 40.5 Å². The molecule has 1 N–H and O–H groups in total. The van der Waals surface area contributed by atoms with Crippen LogP contribution in [0.3, 0.4) is 0 Å². The summed E-state index contributed by atoms with van der Waals surface area (Å²) in [7, 11) is 0. The van der Waals surface area contributed by atoms with E-state index in [-0.39, 0.29) is 5.69 Å². The number of carboxylic acids is 1. The Morgan fingerprint density at radius 2 is 1.86 bits per heavy atom. The predicted octanol–water partition coefficient (Wildman–Crippen LogP) is 2.10. The largest absolute Gasteiger partial charge is 0.476 e. The molecule has 106 valence electrons. The van der Waals surface area contributed by atoms with Gasteiger partial charge in [-0.05, 0) is 13.8 Å². The molecule has 0 aliphatic rings. The third-order valence-corrected chi connectivity index (χ3v) is 3.71. The first kappa shape index (κ1) is 13.4. The number of hydrogen-bond acceptors (Lipinski definition) is 6. The van der Waals surface area contributed by atoms with Crippen molar-refractivity contribution >= 4 is 17.3 Å². The van der Waals surface area contributed by atoms with Gasteiger partial charge in [-0.1, -0.05) is 46.4 Å². The second-order valence-electron chi connectivity index (χ2n) is 4.47. The van der Waals surface area contributed by atoms with Gasteiger partial charge in [-0.15, -0.1) is 15.3 Å². The molecule has 0 saturated heterocycles. The Hall–Kier alpha value is -2.61. The van der Waals surface area contributed by atoms with Gasteiger partial charge in [0.05, 0.1) is 0 Å². The van der Waals surface area contributed by atoms with Crippen LogP contribution in [0.1, 0.15) is 21.1 Å². The van der Waals surface area contributed by atoms with Crippen molar-refractivity contribution in [1.82, 2.24) is 25.2 Å². The molecular formula is C13H11N5O2S. The maximum atomic E-state index is 11.4. The van der Waals surface area contributed by atoms with E-state index in [2.05, 4.69) is 20.5 Å². The van der Waals surface area contributed by atoms with Gasteiger partial charge < -0.3 is 5.11 Å². The van der Waals surface area contributed by atoms with Crippen molar-refractivity contribution < 1.29 is 9.90 Å². The van der Waals surface area contributed by atoms with Crippen LogP contribution in [0.25, 0.3) is 16.4 Å². The average molecular weight is 301 g/mol. The van der Waals surface area contributed by atoms with Crippen LogP contribution in [0.15, 0.2) is 24.3 Å². The normalized spacial score (nSPS) is 10.8. The maximum Gasteiger partial charge on any atom is 0.358 e. The van der Waals surface area contributed by atoms with Crippen LogP contribution in [0.5, 0.6) is 0 Å². The Morgan fingerprint density at radius 3 is 2.43 bits per heavy atom. The Morgan fingerprint density at radius 1 is 1.14 bits per heavy atom. The third-order valence-electron chi connectivity index (χ3n) is 2.89. The van der Waals surface area contributed by atoms with Crippen LogP contribution in [0.4, 0.5) is 0 Å². The zero-order chi connectivity index (χ0) is 15.0. The molecule has 0 atom stereocenters. The zero-order valence-electron chi connectivity index (χ0n) is 11.3. The SMILES string of the molecule is Cc1ccc(-c2c(C(=O)O)nnn2-c2nnc(C)s2)cc1. The minimum Gasteiger partial charge on any atom is -0.476 e. The van der Waals surface area contributed by atoms with Gasteiger partial charge in [0.2, 0.25) is 5.13 Å². The molecule has 0 saturated carbocycles. The fraction of sp³-hybridized carbons (Fsp3) is 0.154. The number of nitrogens with zero attached hydrogens (tertiary/aromatic N) is 5. The van der Waals surface area contributed by atoms with E-state index in [1.807, 2.05) is 38.1 Å². The summed E-state index contributed by atoms with van der Waals surface area (Å²) in [5.74, 6) is -1.13. The number of carboxylic acid groups (broad SMARTS) is 1. The molecular weight excluding hydrogens is 290 g/mol. The van der Waals surface area contributed by atoms with Crippen molar-refractivity contribution in [3.63, 3.8) is 0 Å². The zero-order valence-corrected chi connectivity index (χ0v) is 12.1. The van der Waals surface area contributed by atoms with Crippen LogP contribution in [0.2, 0.25) is 0 Å². The highest BCUT2D eigenvalue weighted by Crippen LogP contribution is 2.26. The van der Waals surface area contributed by atoms with Crippen LogP contribution in [-0.4, -0.2) is 36.3 Å². The molecule has 3 aromatic rings. The van der Waals surface area contributed by atoms with Crippen LogP contribution < -0.4 is 0 Å². The lowest BCUT2D eigenvalue weighted by Gasteiger charge is -2.04. The van der Waals surface area contributed by atoms with E-state index in [1.165, 1.54) is 16.0 Å². The summed E-state index contributed by atoms with van der Waals surface area (Å²) in [6.45, 7) is 3.79. The van der Waals surface area contributed by atoms with Gasteiger partial charge in [0.15, 0.2) is 5.69 Å². The number of aromatic nitrogens is 5. The topological polar surface area (TPSA) is 93.8 Å². The van der Waals surface area contributed by atoms with E-state index in [0.29, 0.717) is 10.8 Å². The quantitative estimate of drug-likeness (QED) is 0.796. The molecule has 0 bridgehead atoms. The van der Waals surface area contributed by atoms with Crippen molar-refractivity contribution in [2.75, 3.05) is 0 Å². The highest BCUT2D eigenvalue weighted by atomic mass is 32.1. The van der Waals surface area contributed by atoms with Crippen molar-refractivity contribution in [1.29, 1.82) is 0 Å². The fourth-order valence-electron chi connectivity index (χ4n) is 1.90. The lowest BCUT2D eigenvalue weighted by atomic mass is 10.1. The van der Waals surface area contributed by atoms with Crippen molar-refractivity contribution in [2.24, 2.45) is 0 Å². The molecule has 8 heteroatoms. The average Bonchev–Trinajstić information content (AvgIpc) is 3.05. The van der Waals surface area contributed by atoms with E-state index in [1.54, 1.807) is 0 Å². The lowest BCUT2D eigenvalue weighted by molar-refractivity contribution is 0.0691. The van der Waals surface area contributed by atoms with E-state index in [0.717, 1.165) is 16.1 Å². The van der Waals surface area contributed by atoms with E-state index >= 15 is 0 Å². The van der Waals surface area contributed by atoms with Crippen molar-refractivity contribution in [2.45, 2.75) is 13.8 Å². The lowest BCUT2D eigenvalue weighted by Crippen LogP contribution is -2.03. The molecule has 0 aliphatic heterocycles. The predicted molar refractivity (Wildman–Crippen MR) is 76.7 cm³/mol. The second-order valence-corrected chi connectivity index (χ2v) is 5.63. The summed E-state index contributed by atoms with van der Waals surface area (Å²) in [6, 6.07) is 7.49. The highest BCUT2D eigenvalue weighted by molar-refractivity contribution is 7.13. The van der Waals surface area contributed by atoms with Crippen molar-refractivity contribution in [3.8, 4) is 16.4 Å². The van der Waals surface area contributed by atoms with Crippen LogP contribution in [0, 0.1) is 13.8 Å². The Bertz CT molecular complexity index is 806. The number of carbonyl (C=O) groups is 1. The number of aromatic carboxylic acids is 1. The molecule has 7 nitrogen and oxygen atoms in total. The molecule has 0 unspecified atom stereocenters. The van der Waals surface area contributed by atoms with Gasteiger partial charge in [-0.2, -0.15) is 4.68 Å². The Balaban J connectivity index is 2.22. The molecule has 0 spiro atoms. The van der Waals surface area contributed by atoms with Gasteiger partial charge >= 0.3 is 5.97 Å². The van der Waals surface area contributed by atoms with Gasteiger partial charge in [0.25, 0.3) is 0 Å². The standard InChI is InChI=1S/C13H11N5O2S/c1-7-3-5-9(6-4-7)11-10(12(19)20)15-17-18(11)13-16-14-8(2)21-13/h3-6H,1-2H3,(H,19,20). The first-order valence-electron chi connectivity index (χ1n) is 6.13. The molecule has 0 aliphatic carbocycles. The van der Waals surface area contributed by atoms with Gasteiger partial charge in [-0.25, -0.2) is 4.79 Å². The van der Waals surface area contributed by atoms with Gasteiger partial charge in [0.1, 0.15) is 10.7 Å².